The number of halogens is 2. The first-order chi connectivity index (χ1) is 6.38. The molecule has 0 spiro atoms. The van der Waals surface area contributed by atoms with E-state index >= 15 is 0 Å². The fraction of sp³-hybridized carbons (Fsp3) is 0.143. The van der Waals surface area contributed by atoms with Crippen LogP contribution in [0, 0.1) is 0 Å². The zero-order valence-electron chi connectivity index (χ0n) is 6.80. The summed E-state index contributed by atoms with van der Waals surface area (Å²) in [7, 11) is 0. The Morgan fingerprint density at radius 1 is 1.21 bits per heavy atom. The van der Waals surface area contributed by atoms with Crippen LogP contribution in [-0.2, 0) is 3.74 Å². The number of rotatable bonds is 3. The van der Waals surface area contributed by atoms with Crippen LogP contribution in [-0.4, -0.2) is 22.7 Å². The summed E-state index contributed by atoms with van der Waals surface area (Å²) in [5, 5.41) is 0. The van der Waals surface area contributed by atoms with E-state index in [1.54, 1.807) is 0 Å². The van der Waals surface area contributed by atoms with Crippen molar-refractivity contribution in [2.75, 3.05) is 0 Å². The summed E-state index contributed by atoms with van der Waals surface area (Å²) in [6, 6.07) is 4.26. The molecule has 7 heteroatoms. The Balaban J connectivity index is 2.79. The fourth-order valence-corrected chi connectivity index (χ4v) is 1.64. The zero-order chi connectivity index (χ0) is 10.8. The van der Waals surface area contributed by atoms with E-state index in [0.717, 1.165) is 24.3 Å². The Hall–Kier alpha value is -0.842. The second-order valence-corrected chi connectivity index (χ2v) is 4.89. The molecule has 0 saturated heterocycles. The number of hydrogen-bond acceptors (Lipinski definition) is 2. The molecule has 0 unspecified atom stereocenters. The van der Waals surface area contributed by atoms with Crippen molar-refractivity contribution in [3.8, 4) is 5.75 Å². The van der Waals surface area contributed by atoms with Gasteiger partial charge in [-0.25, -0.2) is 0 Å². The Morgan fingerprint density at radius 2 is 1.71 bits per heavy atom. The van der Waals surface area contributed by atoms with Crippen LogP contribution < -0.4 is 3.73 Å². The summed E-state index contributed by atoms with van der Waals surface area (Å²) >= 11 is -5.20. The molecular weight excluding hydrogens is 261 g/mol. The molecule has 0 aliphatic rings. The number of alkyl halides is 2. The van der Waals surface area contributed by atoms with Gasteiger partial charge in [-0.05, 0) is 0 Å². The van der Waals surface area contributed by atoms with Crippen molar-refractivity contribution < 1.29 is 24.4 Å². The van der Waals surface area contributed by atoms with E-state index in [2.05, 4.69) is 3.73 Å². The molecule has 0 atom stereocenters. The summed E-state index contributed by atoms with van der Waals surface area (Å²) in [5.74, 6) is -0.123. The van der Waals surface area contributed by atoms with Gasteiger partial charge in [-0.3, -0.25) is 0 Å². The first kappa shape index (κ1) is 11.2. The van der Waals surface area contributed by atoms with Crippen LogP contribution in [0.5, 0.6) is 5.75 Å². The molecule has 1 aromatic carbocycles. The zero-order valence-corrected chi connectivity index (χ0v) is 8.68. The molecule has 0 aromatic heterocycles. The summed E-state index contributed by atoms with van der Waals surface area (Å²) in [6.07, 6.45) is -2.61. The van der Waals surface area contributed by atoms with Crippen LogP contribution in [0.4, 0.5) is 8.78 Å². The van der Waals surface area contributed by atoms with Crippen LogP contribution in [0.2, 0.25) is 0 Å². The van der Waals surface area contributed by atoms with Crippen molar-refractivity contribution in [1.29, 1.82) is 0 Å². The third-order valence-corrected chi connectivity index (χ3v) is 2.30. The van der Waals surface area contributed by atoms with Crippen molar-refractivity contribution in [2.45, 2.75) is 6.43 Å². The first-order valence-electron chi connectivity index (χ1n) is 3.52. The summed E-state index contributed by atoms with van der Waals surface area (Å²) in [4.78, 5) is 0. The predicted octanol–water partition coefficient (Wildman–Crippen LogP) is 0.854. The van der Waals surface area contributed by atoms with E-state index < -0.39 is 20.9 Å². The molecule has 4 nitrogen and oxygen atoms in total. The van der Waals surface area contributed by atoms with E-state index in [4.69, 9.17) is 8.19 Å². The summed E-state index contributed by atoms with van der Waals surface area (Å²) in [5.41, 5.74) is -0.227. The van der Waals surface area contributed by atoms with Gasteiger partial charge in [-0.15, -0.1) is 0 Å². The molecule has 0 radical (unpaired) electrons. The van der Waals surface area contributed by atoms with Gasteiger partial charge in [0.1, 0.15) is 0 Å². The van der Waals surface area contributed by atoms with Crippen molar-refractivity contribution in [1.82, 2.24) is 0 Å². The predicted molar refractivity (Wildman–Crippen MR) is 42.9 cm³/mol. The second-order valence-electron chi connectivity index (χ2n) is 2.45. The third kappa shape index (κ3) is 3.49. The van der Waals surface area contributed by atoms with E-state index in [1.165, 1.54) is 0 Å². The van der Waals surface area contributed by atoms with Crippen LogP contribution in [0.15, 0.2) is 24.3 Å². The molecule has 0 heterocycles. The minimum atomic E-state index is -5.20. The van der Waals surface area contributed by atoms with Gasteiger partial charge in [-0.1, -0.05) is 0 Å². The molecule has 0 aliphatic heterocycles. The van der Waals surface area contributed by atoms with Crippen LogP contribution >= 0.6 is 0 Å². The Bertz CT molecular complexity index is 345. The van der Waals surface area contributed by atoms with Crippen LogP contribution in [0.1, 0.15) is 12.0 Å². The second kappa shape index (κ2) is 4.12. The van der Waals surface area contributed by atoms with Gasteiger partial charge in [0.05, 0.1) is 0 Å². The molecule has 0 aliphatic carbocycles. The average molecular weight is 268 g/mol. The van der Waals surface area contributed by atoms with E-state index in [1.807, 2.05) is 0 Å². The molecule has 1 aromatic rings. The molecule has 0 amide bonds. The molecule has 1 rings (SSSR count). The normalized spacial score (nSPS) is 11.8. The molecule has 0 bridgehead atoms. The van der Waals surface area contributed by atoms with Gasteiger partial charge in [0, 0.05) is 0 Å². The molecular formula is C7H7AsF2O4. The third-order valence-electron chi connectivity index (χ3n) is 1.36. The van der Waals surface area contributed by atoms with Gasteiger partial charge >= 0.3 is 81.0 Å². The quantitative estimate of drug-likeness (QED) is 0.798. The average Bonchev–Trinajstić information content (AvgIpc) is 2.02. The Kier molecular flexibility index (Phi) is 3.31. The molecule has 0 fully saturated rings. The van der Waals surface area contributed by atoms with Crippen molar-refractivity contribution in [2.24, 2.45) is 0 Å². The van der Waals surface area contributed by atoms with Crippen molar-refractivity contribution in [3.05, 3.63) is 29.8 Å². The maximum atomic E-state index is 12.0. The van der Waals surface area contributed by atoms with Gasteiger partial charge in [0.25, 0.3) is 0 Å². The first-order valence-corrected chi connectivity index (χ1v) is 6.73. The monoisotopic (exact) mass is 268 g/mol. The van der Waals surface area contributed by atoms with Gasteiger partial charge in [0.15, 0.2) is 0 Å². The van der Waals surface area contributed by atoms with Crippen LogP contribution in [0.3, 0.4) is 0 Å². The minimum absolute atomic E-state index is 0.123. The number of benzene rings is 1. The Labute approximate surface area is 81.5 Å². The van der Waals surface area contributed by atoms with E-state index in [9.17, 15) is 12.5 Å². The van der Waals surface area contributed by atoms with Gasteiger partial charge in [0.2, 0.25) is 0 Å². The SMILES string of the molecule is O=[As](O)(O)Oc1ccc(C(F)F)cc1. The molecule has 0 saturated carbocycles. The van der Waals surface area contributed by atoms with E-state index in [-0.39, 0.29) is 11.3 Å². The van der Waals surface area contributed by atoms with Crippen molar-refractivity contribution in [3.63, 3.8) is 0 Å². The summed E-state index contributed by atoms with van der Waals surface area (Å²) < 4.78 is 55.6. The molecule has 2 N–H and O–H groups in total. The summed E-state index contributed by atoms with van der Waals surface area (Å²) in [6.45, 7) is 0. The number of hydrogen-bond donors (Lipinski definition) is 2. The fourth-order valence-electron chi connectivity index (χ4n) is 0.811. The van der Waals surface area contributed by atoms with E-state index in [0.29, 0.717) is 0 Å². The Morgan fingerprint density at radius 3 is 2.07 bits per heavy atom. The topological polar surface area (TPSA) is 66.8 Å². The van der Waals surface area contributed by atoms with Gasteiger partial charge in [-0.2, -0.15) is 0 Å². The molecule has 14 heavy (non-hydrogen) atoms. The van der Waals surface area contributed by atoms with Crippen LogP contribution in [0.25, 0.3) is 0 Å². The van der Waals surface area contributed by atoms with Crippen molar-refractivity contribution >= 4 is 14.5 Å². The molecule has 78 valence electrons. The standard InChI is InChI=1S/C7H7AsF2O4/c9-7(10)5-1-3-6(4-2-5)14-8(11,12)13/h1-4,7H,(H2,11,12,13). The maximum absolute atomic E-state index is 12.0. The van der Waals surface area contributed by atoms with Gasteiger partial charge < -0.3 is 0 Å².